The van der Waals surface area contributed by atoms with Gasteiger partial charge in [-0.1, -0.05) is 12.8 Å². The number of rotatable bonds is 3. The number of piperidine rings is 1. The molecule has 0 amide bonds. The summed E-state index contributed by atoms with van der Waals surface area (Å²) in [6.45, 7) is 3.33. The summed E-state index contributed by atoms with van der Waals surface area (Å²) in [5.74, 6) is 0.884. The largest absolute Gasteiger partial charge is 0.378 e. The zero-order valence-corrected chi connectivity index (χ0v) is 9.65. The van der Waals surface area contributed by atoms with Crippen LogP contribution in [0.4, 0.5) is 0 Å². The quantitative estimate of drug-likeness (QED) is 0.787. The van der Waals surface area contributed by atoms with Gasteiger partial charge in [-0.2, -0.15) is 0 Å². The Balaban J connectivity index is 0.000000980. The molecule has 1 aliphatic carbocycles. The van der Waals surface area contributed by atoms with Crippen molar-refractivity contribution in [3.8, 4) is 0 Å². The molecule has 84 valence electrons. The van der Waals surface area contributed by atoms with Gasteiger partial charge in [0, 0.05) is 6.61 Å². The smallest absolute Gasteiger partial charge is 0.0599 e. The lowest BCUT2D eigenvalue weighted by Crippen LogP contribution is -2.33. The molecule has 0 unspecified atom stereocenters. The molecule has 1 saturated heterocycles. The van der Waals surface area contributed by atoms with Gasteiger partial charge in [-0.05, 0) is 44.7 Å². The van der Waals surface area contributed by atoms with Gasteiger partial charge in [0.25, 0.3) is 0 Å². The number of hydrogen-bond acceptors (Lipinski definition) is 2. The van der Waals surface area contributed by atoms with Gasteiger partial charge in [-0.15, -0.1) is 12.4 Å². The Bertz CT molecular complexity index is 142. The van der Waals surface area contributed by atoms with E-state index >= 15 is 0 Å². The third kappa shape index (κ3) is 3.76. The highest BCUT2D eigenvalue weighted by Gasteiger charge is 2.18. The first-order valence-electron chi connectivity index (χ1n) is 5.77. The van der Waals surface area contributed by atoms with Crippen molar-refractivity contribution in [2.75, 3.05) is 19.7 Å². The van der Waals surface area contributed by atoms with E-state index in [4.69, 9.17) is 4.74 Å². The second kappa shape index (κ2) is 6.65. The minimum Gasteiger partial charge on any atom is -0.378 e. The fourth-order valence-corrected chi connectivity index (χ4v) is 2.41. The van der Waals surface area contributed by atoms with Crippen molar-refractivity contribution in [1.29, 1.82) is 0 Å². The Morgan fingerprint density at radius 3 is 2.29 bits per heavy atom. The third-order valence-corrected chi connectivity index (χ3v) is 3.33. The SMILES string of the molecule is C1CCC(COC2CCNCC2)C1.Cl. The Morgan fingerprint density at radius 1 is 1.00 bits per heavy atom. The molecule has 0 aromatic carbocycles. The lowest BCUT2D eigenvalue weighted by molar-refractivity contribution is 0.0129. The van der Waals surface area contributed by atoms with Gasteiger partial charge in [0.2, 0.25) is 0 Å². The first-order valence-corrected chi connectivity index (χ1v) is 5.77. The minimum absolute atomic E-state index is 0. The molecule has 0 spiro atoms. The van der Waals surface area contributed by atoms with Crippen molar-refractivity contribution in [2.24, 2.45) is 5.92 Å². The molecule has 1 saturated carbocycles. The van der Waals surface area contributed by atoms with Crippen LogP contribution in [0.1, 0.15) is 38.5 Å². The molecule has 2 fully saturated rings. The predicted octanol–water partition coefficient (Wildman–Crippen LogP) is 2.37. The van der Waals surface area contributed by atoms with Gasteiger partial charge in [-0.25, -0.2) is 0 Å². The molecular formula is C11H22ClNO. The zero-order chi connectivity index (χ0) is 8.93. The minimum atomic E-state index is 0. The van der Waals surface area contributed by atoms with E-state index in [0.717, 1.165) is 25.6 Å². The molecule has 0 atom stereocenters. The van der Waals surface area contributed by atoms with E-state index in [0.29, 0.717) is 6.10 Å². The number of ether oxygens (including phenoxy) is 1. The monoisotopic (exact) mass is 219 g/mol. The topological polar surface area (TPSA) is 21.3 Å². The lowest BCUT2D eigenvalue weighted by atomic mass is 10.1. The first kappa shape index (κ1) is 12.3. The van der Waals surface area contributed by atoms with Crippen LogP contribution in [0.15, 0.2) is 0 Å². The van der Waals surface area contributed by atoms with Crippen LogP contribution >= 0.6 is 12.4 Å². The van der Waals surface area contributed by atoms with Crippen molar-refractivity contribution in [3.63, 3.8) is 0 Å². The summed E-state index contributed by atoms with van der Waals surface area (Å²) in [6, 6.07) is 0. The zero-order valence-electron chi connectivity index (χ0n) is 8.84. The molecule has 1 N–H and O–H groups in total. The fraction of sp³-hybridized carbons (Fsp3) is 1.00. The summed E-state index contributed by atoms with van der Waals surface area (Å²) in [4.78, 5) is 0. The van der Waals surface area contributed by atoms with Crippen LogP contribution in [0.5, 0.6) is 0 Å². The first-order chi connectivity index (χ1) is 6.45. The van der Waals surface area contributed by atoms with Gasteiger partial charge in [0.05, 0.1) is 6.10 Å². The van der Waals surface area contributed by atoms with E-state index in [1.807, 2.05) is 0 Å². The molecular weight excluding hydrogens is 198 g/mol. The second-order valence-corrected chi connectivity index (χ2v) is 4.43. The second-order valence-electron chi connectivity index (χ2n) is 4.43. The van der Waals surface area contributed by atoms with Gasteiger partial charge in [0.15, 0.2) is 0 Å². The standard InChI is InChI=1S/C11H21NO.ClH/c1-2-4-10(3-1)9-13-11-5-7-12-8-6-11;/h10-12H,1-9H2;1H. The highest BCUT2D eigenvalue weighted by atomic mass is 35.5. The van der Waals surface area contributed by atoms with E-state index in [2.05, 4.69) is 5.32 Å². The summed E-state index contributed by atoms with van der Waals surface area (Å²) in [6.07, 6.45) is 8.66. The van der Waals surface area contributed by atoms with Crippen molar-refractivity contribution in [3.05, 3.63) is 0 Å². The van der Waals surface area contributed by atoms with E-state index in [1.54, 1.807) is 0 Å². The molecule has 1 aliphatic heterocycles. The van der Waals surface area contributed by atoms with E-state index in [1.165, 1.54) is 38.5 Å². The van der Waals surface area contributed by atoms with Crippen LogP contribution in [0.2, 0.25) is 0 Å². The van der Waals surface area contributed by atoms with Crippen LogP contribution in [0.25, 0.3) is 0 Å². The Labute approximate surface area is 93.2 Å². The number of hydrogen-bond donors (Lipinski definition) is 1. The van der Waals surface area contributed by atoms with Crippen molar-refractivity contribution >= 4 is 12.4 Å². The number of nitrogens with one attached hydrogen (secondary N) is 1. The highest BCUT2D eigenvalue weighted by Crippen LogP contribution is 2.25. The lowest BCUT2D eigenvalue weighted by Gasteiger charge is -2.24. The summed E-state index contributed by atoms with van der Waals surface area (Å²) in [5.41, 5.74) is 0. The maximum Gasteiger partial charge on any atom is 0.0599 e. The van der Waals surface area contributed by atoms with Crippen molar-refractivity contribution in [1.82, 2.24) is 5.32 Å². The molecule has 14 heavy (non-hydrogen) atoms. The van der Waals surface area contributed by atoms with Gasteiger partial charge < -0.3 is 10.1 Å². The Hall–Kier alpha value is 0.210. The molecule has 0 radical (unpaired) electrons. The number of halogens is 1. The molecule has 0 aromatic heterocycles. The summed E-state index contributed by atoms with van der Waals surface area (Å²) in [5, 5.41) is 3.36. The van der Waals surface area contributed by atoms with Crippen LogP contribution in [0.3, 0.4) is 0 Å². The Kier molecular flexibility index (Phi) is 5.83. The summed E-state index contributed by atoms with van der Waals surface area (Å²) in [7, 11) is 0. The predicted molar refractivity (Wildman–Crippen MR) is 61.0 cm³/mol. The fourth-order valence-electron chi connectivity index (χ4n) is 2.41. The maximum absolute atomic E-state index is 5.93. The van der Waals surface area contributed by atoms with Crippen LogP contribution < -0.4 is 5.32 Å². The van der Waals surface area contributed by atoms with Gasteiger partial charge >= 0.3 is 0 Å². The molecule has 2 nitrogen and oxygen atoms in total. The molecule has 0 bridgehead atoms. The summed E-state index contributed by atoms with van der Waals surface area (Å²) < 4.78 is 5.93. The highest BCUT2D eigenvalue weighted by molar-refractivity contribution is 5.85. The Morgan fingerprint density at radius 2 is 1.64 bits per heavy atom. The van der Waals surface area contributed by atoms with E-state index < -0.39 is 0 Å². The average Bonchev–Trinajstić information content (AvgIpc) is 2.69. The van der Waals surface area contributed by atoms with Crippen LogP contribution in [0, 0.1) is 5.92 Å². The molecule has 1 heterocycles. The van der Waals surface area contributed by atoms with Crippen LogP contribution in [-0.4, -0.2) is 25.8 Å². The molecule has 2 rings (SSSR count). The van der Waals surface area contributed by atoms with E-state index in [-0.39, 0.29) is 12.4 Å². The average molecular weight is 220 g/mol. The normalized spacial score (nSPS) is 24.9. The van der Waals surface area contributed by atoms with Crippen LogP contribution in [-0.2, 0) is 4.74 Å². The van der Waals surface area contributed by atoms with Crippen molar-refractivity contribution in [2.45, 2.75) is 44.6 Å². The summed E-state index contributed by atoms with van der Waals surface area (Å²) >= 11 is 0. The molecule has 2 aliphatic rings. The van der Waals surface area contributed by atoms with Gasteiger partial charge in [-0.3, -0.25) is 0 Å². The molecule has 0 aromatic rings. The molecule has 3 heteroatoms. The van der Waals surface area contributed by atoms with E-state index in [9.17, 15) is 0 Å². The maximum atomic E-state index is 5.93. The van der Waals surface area contributed by atoms with Crippen molar-refractivity contribution < 1.29 is 4.74 Å². The third-order valence-electron chi connectivity index (χ3n) is 3.33. The van der Waals surface area contributed by atoms with Gasteiger partial charge in [0.1, 0.15) is 0 Å².